The fourth-order valence-electron chi connectivity index (χ4n) is 3.68. The van der Waals surface area contributed by atoms with Crippen LogP contribution in [-0.2, 0) is 0 Å². The van der Waals surface area contributed by atoms with E-state index in [9.17, 15) is 9.59 Å². The van der Waals surface area contributed by atoms with Crippen LogP contribution < -0.4 is 10.1 Å². The van der Waals surface area contributed by atoms with Crippen LogP contribution in [0.1, 0.15) is 39.4 Å². The number of amides is 2. The molecule has 0 spiro atoms. The molecule has 0 unspecified atom stereocenters. The van der Waals surface area contributed by atoms with Gasteiger partial charge in [0.2, 0.25) is 0 Å². The molecule has 1 aliphatic rings. The molecule has 1 aliphatic heterocycles. The summed E-state index contributed by atoms with van der Waals surface area (Å²) in [6, 6.07) is 10.8. The van der Waals surface area contributed by atoms with Crippen LogP contribution in [-0.4, -0.2) is 62.9 Å². The summed E-state index contributed by atoms with van der Waals surface area (Å²) in [6.07, 6.45) is 4.60. The second-order valence-electron chi connectivity index (χ2n) is 7.41. The lowest BCUT2D eigenvalue weighted by molar-refractivity contribution is 0.0697. The number of hydrogen-bond acceptors (Lipinski definition) is 6. The van der Waals surface area contributed by atoms with Crippen LogP contribution >= 0.6 is 0 Å². The van der Waals surface area contributed by atoms with Crippen molar-refractivity contribution in [3.63, 3.8) is 0 Å². The van der Waals surface area contributed by atoms with Crippen molar-refractivity contribution in [2.45, 2.75) is 25.8 Å². The monoisotopic (exact) mass is 420 g/mol. The van der Waals surface area contributed by atoms with Gasteiger partial charge >= 0.3 is 0 Å². The van der Waals surface area contributed by atoms with Gasteiger partial charge in [-0.3, -0.25) is 14.6 Å². The fraction of sp³-hybridized carbons (Fsp3) is 0.318. The first kappa shape index (κ1) is 20.5. The number of pyridine rings is 1. The Balaban J connectivity index is 1.37. The van der Waals surface area contributed by atoms with Crippen molar-refractivity contribution in [2.75, 3.05) is 20.2 Å². The van der Waals surface area contributed by atoms with Gasteiger partial charge in [0.05, 0.1) is 18.5 Å². The summed E-state index contributed by atoms with van der Waals surface area (Å²) in [4.78, 5) is 31.1. The summed E-state index contributed by atoms with van der Waals surface area (Å²) >= 11 is 0. The van der Waals surface area contributed by atoms with Gasteiger partial charge in [-0.05, 0) is 44.0 Å². The molecule has 2 amide bonds. The number of likely N-dealkylation sites (tertiary alicyclic amines) is 1. The average Bonchev–Trinajstić information content (AvgIpc) is 3.21. The molecule has 3 heterocycles. The number of rotatable bonds is 5. The maximum absolute atomic E-state index is 12.8. The maximum atomic E-state index is 12.8. The summed E-state index contributed by atoms with van der Waals surface area (Å²) in [6.45, 7) is 2.98. The molecule has 1 fully saturated rings. The fourth-order valence-corrected chi connectivity index (χ4v) is 3.68. The highest BCUT2D eigenvalue weighted by atomic mass is 16.5. The van der Waals surface area contributed by atoms with Crippen LogP contribution in [0.25, 0.3) is 5.69 Å². The average molecular weight is 420 g/mol. The van der Waals surface area contributed by atoms with Crippen molar-refractivity contribution < 1.29 is 14.3 Å². The number of benzene rings is 1. The van der Waals surface area contributed by atoms with Gasteiger partial charge in [0, 0.05) is 43.2 Å². The summed E-state index contributed by atoms with van der Waals surface area (Å²) in [7, 11) is 1.60. The zero-order valence-corrected chi connectivity index (χ0v) is 17.5. The van der Waals surface area contributed by atoms with Crippen molar-refractivity contribution in [2.24, 2.45) is 0 Å². The zero-order valence-electron chi connectivity index (χ0n) is 17.5. The number of nitrogens with one attached hydrogen (secondary N) is 1. The molecule has 0 bridgehead atoms. The quantitative estimate of drug-likeness (QED) is 0.678. The first-order valence-corrected chi connectivity index (χ1v) is 10.1. The number of methoxy groups -OCH3 is 1. The highest BCUT2D eigenvalue weighted by Crippen LogP contribution is 2.19. The predicted molar refractivity (Wildman–Crippen MR) is 113 cm³/mol. The highest BCUT2D eigenvalue weighted by molar-refractivity contribution is 5.94. The number of aromatic nitrogens is 4. The number of ether oxygens (including phenoxy) is 1. The van der Waals surface area contributed by atoms with E-state index in [1.165, 1.54) is 0 Å². The van der Waals surface area contributed by atoms with Crippen LogP contribution in [0.15, 0.2) is 48.8 Å². The molecule has 0 radical (unpaired) electrons. The van der Waals surface area contributed by atoms with Crippen LogP contribution in [0.4, 0.5) is 0 Å². The van der Waals surface area contributed by atoms with Crippen molar-refractivity contribution >= 4 is 11.8 Å². The molecule has 0 saturated carbocycles. The third-order valence-corrected chi connectivity index (χ3v) is 5.45. The van der Waals surface area contributed by atoms with E-state index in [2.05, 4.69) is 20.6 Å². The number of piperidine rings is 1. The third-order valence-electron chi connectivity index (χ3n) is 5.45. The second kappa shape index (κ2) is 8.95. The standard InChI is InChI=1S/C22H24N6O3/c1-15-20(25-26-28(15)18-4-3-5-19(14-18)31-2)21(29)24-17-8-12-27(13-9-17)22(30)16-6-10-23-11-7-16/h3-7,10-11,14,17H,8-9,12-13H2,1-2H3,(H,24,29). The molecule has 1 saturated heterocycles. The van der Waals surface area contributed by atoms with E-state index in [0.29, 0.717) is 42.9 Å². The van der Waals surface area contributed by atoms with Gasteiger partial charge in [0.25, 0.3) is 11.8 Å². The Labute approximate surface area is 180 Å². The van der Waals surface area contributed by atoms with Gasteiger partial charge in [-0.1, -0.05) is 11.3 Å². The molecular weight excluding hydrogens is 396 g/mol. The first-order valence-electron chi connectivity index (χ1n) is 10.1. The number of carbonyl (C=O) groups is 2. The summed E-state index contributed by atoms with van der Waals surface area (Å²) in [5.74, 6) is 0.432. The molecule has 2 aromatic heterocycles. The summed E-state index contributed by atoms with van der Waals surface area (Å²) in [5, 5.41) is 11.3. The van der Waals surface area contributed by atoms with Crippen LogP contribution in [0, 0.1) is 6.92 Å². The molecule has 9 heteroatoms. The topological polar surface area (TPSA) is 102 Å². The largest absolute Gasteiger partial charge is 0.497 e. The normalized spacial score (nSPS) is 14.3. The van der Waals surface area contributed by atoms with Gasteiger partial charge in [0.15, 0.2) is 5.69 Å². The Bertz CT molecular complexity index is 1070. The molecule has 4 rings (SSSR count). The highest BCUT2D eigenvalue weighted by Gasteiger charge is 2.26. The minimum Gasteiger partial charge on any atom is -0.497 e. The Morgan fingerprint density at radius 3 is 2.58 bits per heavy atom. The third kappa shape index (κ3) is 4.40. The number of hydrogen-bond donors (Lipinski definition) is 1. The lowest BCUT2D eigenvalue weighted by Gasteiger charge is -2.32. The van der Waals surface area contributed by atoms with E-state index >= 15 is 0 Å². The van der Waals surface area contributed by atoms with E-state index in [0.717, 1.165) is 5.69 Å². The summed E-state index contributed by atoms with van der Waals surface area (Å²) < 4.78 is 6.87. The van der Waals surface area contributed by atoms with Gasteiger partial charge < -0.3 is 15.0 Å². The van der Waals surface area contributed by atoms with E-state index < -0.39 is 0 Å². The molecular formula is C22H24N6O3. The molecule has 160 valence electrons. The molecule has 1 N–H and O–H groups in total. The molecule has 0 aliphatic carbocycles. The molecule has 9 nitrogen and oxygen atoms in total. The smallest absolute Gasteiger partial charge is 0.273 e. The van der Waals surface area contributed by atoms with Gasteiger partial charge in [-0.25, -0.2) is 4.68 Å². The predicted octanol–water partition coefficient (Wildman–Crippen LogP) is 2.01. The zero-order chi connectivity index (χ0) is 21.8. The van der Waals surface area contributed by atoms with Crippen LogP contribution in [0.3, 0.4) is 0 Å². The Morgan fingerprint density at radius 2 is 1.87 bits per heavy atom. The minimum atomic E-state index is -0.259. The molecule has 31 heavy (non-hydrogen) atoms. The summed E-state index contributed by atoms with van der Waals surface area (Å²) in [5.41, 5.74) is 2.34. The van der Waals surface area contributed by atoms with Crippen LogP contribution in [0.2, 0.25) is 0 Å². The Kier molecular flexibility index (Phi) is 5.92. The van der Waals surface area contributed by atoms with Crippen LogP contribution in [0.5, 0.6) is 5.75 Å². The van der Waals surface area contributed by atoms with Crippen molar-refractivity contribution in [1.29, 1.82) is 0 Å². The van der Waals surface area contributed by atoms with E-state index in [4.69, 9.17) is 4.74 Å². The van der Waals surface area contributed by atoms with Gasteiger partial charge in [-0.2, -0.15) is 0 Å². The Morgan fingerprint density at radius 1 is 1.13 bits per heavy atom. The SMILES string of the molecule is COc1cccc(-n2nnc(C(=O)NC3CCN(C(=O)c4ccncc4)CC3)c2C)c1. The Hall–Kier alpha value is -3.75. The van der Waals surface area contributed by atoms with E-state index in [-0.39, 0.29) is 23.6 Å². The van der Waals surface area contributed by atoms with Crippen molar-refractivity contribution in [3.8, 4) is 11.4 Å². The number of nitrogens with zero attached hydrogens (tertiary/aromatic N) is 5. The first-order chi connectivity index (χ1) is 15.1. The minimum absolute atomic E-state index is 0.00995. The second-order valence-corrected chi connectivity index (χ2v) is 7.41. The van der Waals surface area contributed by atoms with Gasteiger partial charge in [0.1, 0.15) is 5.75 Å². The van der Waals surface area contributed by atoms with Crippen molar-refractivity contribution in [3.05, 3.63) is 65.7 Å². The lowest BCUT2D eigenvalue weighted by Crippen LogP contribution is -2.46. The van der Waals surface area contributed by atoms with Crippen molar-refractivity contribution in [1.82, 2.24) is 30.2 Å². The molecule has 1 aromatic carbocycles. The number of carbonyl (C=O) groups excluding carboxylic acids is 2. The van der Waals surface area contributed by atoms with Gasteiger partial charge in [-0.15, -0.1) is 5.10 Å². The lowest BCUT2D eigenvalue weighted by atomic mass is 10.0. The maximum Gasteiger partial charge on any atom is 0.273 e. The molecule has 3 aromatic rings. The molecule has 0 atom stereocenters. The van der Waals surface area contributed by atoms with E-state index in [1.54, 1.807) is 36.3 Å². The van der Waals surface area contributed by atoms with E-state index in [1.807, 2.05) is 36.1 Å².